The third-order valence-corrected chi connectivity index (χ3v) is 10.7. The number of hydrogen-bond donors (Lipinski definition) is 2. The number of anilines is 1. The zero-order valence-electron chi connectivity index (χ0n) is 28.0. The van der Waals surface area contributed by atoms with Crippen LogP contribution in [0, 0.1) is 23.7 Å². The minimum atomic E-state index is -4.45. The standard InChI is InChI=1S/C33H43F5N10O2/c1-2-47-26(7-10-40-47)30(50)42-27(21-5-8-32(34,35)9-6-21)25-19-48-31(41-25)43-28(46-13-11-45(12-14-46)18-20-3-4-20)24(44-48)16-22-15-23(33(36,37)38)17-39-29(22)49/h7,10,19-23,27H,2-6,8-9,11-18H2,1H3,(H,39,49)(H,42,50)/t22-,23-,27+/m1/s1. The van der Waals surface area contributed by atoms with Gasteiger partial charge in [0, 0.05) is 77.2 Å². The molecule has 0 radical (unpaired) electrons. The fraction of sp³-hybridized carbons (Fsp3) is 0.697. The van der Waals surface area contributed by atoms with Gasteiger partial charge in [-0.05, 0) is 56.9 Å². The van der Waals surface area contributed by atoms with E-state index < -0.39 is 48.3 Å². The summed E-state index contributed by atoms with van der Waals surface area (Å²) in [5.41, 5.74) is 1.10. The first-order valence-electron chi connectivity index (χ1n) is 17.7. The maximum atomic E-state index is 14.2. The summed E-state index contributed by atoms with van der Waals surface area (Å²) in [7, 11) is 0. The number of rotatable bonds is 10. The van der Waals surface area contributed by atoms with Gasteiger partial charge in [-0.2, -0.15) is 28.4 Å². The highest BCUT2D eigenvalue weighted by Gasteiger charge is 2.45. The molecule has 3 aromatic rings. The lowest BCUT2D eigenvalue weighted by atomic mass is 9.81. The Balaban J connectivity index is 1.22. The summed E-state index contributed by atoms with van der Waals surface area (Å²) < 4.78 is 72.5. The van der Waals surface area contributed by atoms with Gasteiger partial charge in [0.1, 0.15) is 11.4 Å². The number of alkyl halides is 5. The maximum absolute atomic E-state index is 14.2. The predicted octanol–water partition coefficient (Wildman–Crippen LogP) is 4.03. The van der Waals surface area contributed by atoms with Crippen LogP contribution in [-0.4, -0.2) is 97.4 Å². The number of carbonyl (C=O) groups excluding carboxylic acids is 2. The summed E-state index contributed by atoms with van der Waals surface area (Å²) in [4.78, 5) is 40.5. The van der Waals surface area contributed by atoms with E-state index in [-0.39, 0.29) is 50.2 Å². The molecule has 2 aliphatic heterocycles. The molecule has 2 amide bonds. The van der Waals surface area contributed by atoms with E-state index in [0.29, 0.717) is 42.5 Å². The Morgan fingerprint density at radius 1 is 1.10 bits per heavy atom. The molecule has 17 heteroatoms. The van der Waals surface area contributed by atoms with Crippen LogP contribution in [0.1, 0.15) is 79.8 Å². The number of nitrogens with zero attached hydrogens (tertiary/aromatic N) is 8. The molecule has 2 saturated carbocycles. The normalized spacial score (nSPS) is 24.4. The summed E-state index contributed by atoms with van der Waals surface area (Å²) in [5.74, 6) is -5.21. The molecule has 50 heavy (non-hydrogen) atoms. The van der Waals surface area contributed by atoms with Crippen molar-refractivity contribution in [3.05, 3.63) is 35.5 Å². The number of piperazine rings is 1. The number of amides is 2. The molecule has 4 aliphatic rings. The topological polar surface area (TPSA) is 126 Å². The molecule has 7 rings (SSSR count). The van der Waals surface area contributed by atoms with Gasteiger partial charge in [0.05, 0.1) is 23.9 Å². The van der Waals surface area contributed by atoms with E-state index in [1.165, 1.54) is 23.6 Å². The minimum absolute atomic E-state index is 0.0502. The third-order valence-electron chi connectivity index (χ3n) is 10.7. The Hall–Kier alpha value is -3.89. The van der Waals surface area contributed by atoms with Gasteiger partial charge >= 0.3 is 6.18 Å². The molecule has 0 spiro atoms. The molecule has 4 fully saturated rings. The van der Waals surface area contributed by atoms with E-state index in [4.69, 9.17) is 15.1 Å². The lowest BCUT2D eigenvalue weighted by Crippen LogP contribution is -2.48. The van der Waals surface area contributed by atoms with E-state index in [2.05, 4.69) is 25.5 Å². The van der Waals surface area contributed by atoms with Crippen LogP contribution in [0.25, 0.3) is 5.78 Å². The molecular formula is C33H43F5N10O2. The Labute approximate surface area is 286 Å². The van der Waals surface area contributed by atoms with Crippen molar-refractivity contribution in [3.63, 3.8) is 0 Å². The molecule has 0 unspecified atom stereocenters. The van der Waals surface area contributed by atoms with E-state index in [1.54, 1.807) is 16.9 Å². The van der Waals surface area contributed by atoms with Crippen LogP contribution < -0.4 is 15.5 Å². The quantitative estimate of drug-likeness (QED) is 0.303. The summed E-state index contributed by atoms with van der Waals surface area (Å²) in [6.07, 6.45) is 0.445. The second-order valence-corrected chi connectivity index (χ2v) is 14.3. The lowest BCUT2D eigenvalue weighted by Gasteiger charge is -2.36. The zero-order valence-corrected chi connectivity index (χ0v) is 28.0. The number of halogens is 5. The van der Waals surface area contributed by atoms with E-state index >= 15 is 0 Å². The number of aromatic nitrogens is 6. The summed E-state index contributed by atoms with van der Waals surface area (Å²) >= 11 is 0. The van der Waals surface area contributed by atoms with Crippen LogP contribution in [0.5, 0.6) is 0 Å². The van der Waals surface area contributed by atoms with Gasteiger partial charge in [-0.25, -0.2) is 18.3 Å². The van der Waals surface area contributed by atoms with Crippen molar-refractivity contribution in [2.45, 2.75) is 83.0 Å². The van der Waals surface area contributed by atoms with Crippen molar-refractivity contribution < 1.29 is 31.5 Å². The van der Waals surface area contributed by atoms with Crippen LogP contribution in [0.4, 0.5) is 27.8 Å². The highest BCUT2D eigenvalue weighted by molar-refractivity contribution is 5.92. The predicted molar refractivity (Wildman–Crippen MR) is 172 cm³/mol. The van der Waals surface area contributed by atoms with E-state index in [9.17, 15) is 31.5 Å². The van der Waals surface area contributed by atoms with Gasteiger partial charge in [-0.3, -0.25) is 19.2 Å². The molecule has 3 aromatic heterocycles. The minimum Gasteiger partial charge on any atom is -0.355 e. The first-order chi connectivity index (χ1) is 23.9. The lowest BCUT2D eigenvalue weighted by molar-refractivity contribution is -0.183. The molecule has 272 valence electrons. The van der Waals surface area contributed by atoms with Gasteiger partial charge in [0.2, 0.25) is 11.8 Å². The zero-order chi connectivity index (χ0) is 35.2. The van der Waals surface area contributed by atoms with Crippen molar-refractivity contribution in [2.24, 2.45) is 23.7 Å². The highest BCUT2D eigenvalue weighted by Crippen LogP contribution is 2.42. The largest absolute Gasteiger partial charge is 0.393 e. The Bertz CT molecular complexity index is 1690. The second-order valence-electron chi connectivity index (χ2n) is 14.3. The fourth-order valence-electron chi connectivity index (χ4n) is 7.59. The number of aryl methyl sites for hydroxylation is 1. The molecule has 2 aliphatic carbocycles. The average molecular weight is 707 g/mol. The van der Waals surface area contributed by atoms with Crippen LogP contribution in [-0.2, 0) is 17.8 Å². The van der Waals surface area contributed by atoms with Gasteiger partial charge in [-0.15, -0.1) is 0 Å². The third kappa shape index (κ3) is 7.56. The summed E-state index contributed by atoms with van der Waals surface area (Å²) in [6.45, 7) is 5.72. The van der Waals surface area contributed by atoms with E-state index in [1.807, 2.05) is 6.92 Å². The Kier molecular flexibility index (Phi) is 9.45. The summed E-state index contributed by atoms with van der Waals surface area (Å²) in [6, 6.07) is 0.850. The van der Waals surface area contributed by atoms with Crippen LogP contribution in [0.2, 0.25) is 0 Å². The van der Waals surface area contributed by atoms with Gasteiger partial charge in [-0.1, -0.05) is 0 Å². The number of fused-ring (bicyclic) bond motifs is 1. The van der Waals surface area contributed by atoms with E-state index in [0.717, 1.165) is 25.6 Å². The summed E-state index contributed by atoms with van der Waals surface area (Å²) in [5, 5.41) is 14.4. The number of nitrogens with one attached hydrogen (secondary N) is 2. The van der Waals surface area contributed by atoms with Crippen LogP contribution >= 0.6 is 0 Å². The molecule has 2 N–H and O–H groups in total. The monoisotopic (exact) mass is 706 g/mol. The number of imidazole rings is 1. The number of hydrogen-bond acceptors (Lipinski definition) is 8. The smallest absolute Gasteiger partial charge is 0.355 e. The molecule has 0 aromatic carbocycles. The maximum Gasteiger partial charge on any atom is 0.393 e. The van der Waals surface area contributed by atoms with Gasteiger partial charge in [0.15, 0.2) is 5.82 Å². The first kappa shape index (κ1) is 34.6. The average Bonchev–Trinajstić information content (AvgIpc) is 3.59. The van der Waals surface area contributed by atoms with Crippen LogP contribution in [0.3, 0.4) is 0 Å². The SMILES string of the molecule is CCn1nccc1C(=O)N[C@H](c1cn2nc(C[C@H]3C[C@@H](C(F)(F)F)CNC3=O)c(N3CCN(CC4CC4)CC3)nc2n1)C1CCC(F)(F)CC1. The first-order valence-corrected chi connectivity index (χ1v) is 17.7. The molecule has 5 heterocycles. The molecular weight excluding hydrogens is 663 g/mol. The second kappa shape index (κ2) is 13.7. The van der Waals surface area contributed by atoms with Gasteiger partial charge < -0.3 is 15.5 Å². The van der Waals surface area contributed by atoms with Crippen molar-refractivity contribution in [1.82, 2.24) is 44.9 Å². The van der Waals surface area contributed by atoms with Crippen molar-refractivity contribution in [2.75, 3.05) is 44.2 Å². The molecule has 2 saturated heterocycles. The highest BCUT2D eigenvalue weighted by atomic mass is 19.4. The molecule has 12 nitrogen and oxygen atoms in total. The van der Waals surface area contributed by atoms with Crippen molar-refractivity contribution >= 4 is 23.4 Å². The van der Waals surface area contributed by atoms with Gasteiger partial charge in [0.25, 0.3) is 11.7 Å². The van der Waals surface area contributed by atoms with Crippen molar-refractivity contribution in [3.8, 4) is 0 Å². The fourth-order valence-corrected chi connectivity index (χ4v) is 7.59. The van der Waals surface area contributed by atoms with Crippen LogP contribution in [0.15, 0.2) is 18.5 Å². The molecule has 0 bridgehead atoms. The number of carbonyl (C=O) groups is 2. The Morgan fingerprint density at radius 2 is 1.84 bits per heavy atom. The van der Waals surface area contributed by atoms with Crippen molar-refractivity contribution in [1.29, 1.82) is 0 Å². The number of piperidine rings is 1. The Morgan fingerprint density at radius 3 is 2.52 bits per heavy atom. The molecule has 3 atom stereocenters.